The number of para-hydroxylation sites is 1. The number of nitrogens with zero attached hydrogens (tertiary/aromatic N) is 2. The van der Waals surface area contributed by atoms with Crippen molar-refractivity contribution in [3.8, 4) is 0 Å². The summed E-state index contributed by atoms with van der Waals surface area (Å²) in [5, 5.41) is 0. The summed E-state index contributed by atoms with van der Waals surface area (Å²) in [6.07, 6.45) is 5.49. The number of rotatable bonds is 4. The summed E-state index contributed by atoms with van der Waals surface area (Å²) in [5.41, 5.74) is 6.62. The van der Waals surface area contributed by atoms with Gasteiger partial charge in [-0.05, 0) is 30.7 Å². The first kappa shape index (κ1) is 14.6. The Labute approximate surface area is 133 Å². The van der Waals surface area contributed by atoms with Crippen LogP contribution in [0, 0.1) is 0 Å². The van der Waals surface area contributed by atoms with Crippen LogP contribution in [0.25, 0.3) is 6.08 Å². The van der Waals surface area contributed by atoms with Crippen LogP contribution >= 0.6 is 0 Å². The maximum absolute atomic E-state index is 2.40. The molecule has 2 nitrogen and oxygen atoms in total. The lowest BCUT2D eigenvalue weighted by Gasteiger charge is -2.11. The summed E-state index contributed by atoms with van der Waals surface area (Å²) in [7, 11) is 4.13. The molecule has 1 aliphatic rings. The highest BCUT2D eigenvalue weighted by Gasteiger charge is 2.25. The molecule has 112 valence electrons. The van der Waals surface area contributed by atoms with Gasteiger partial charge in [0.15, 0.2) is 5.71 Å². The van der Waals surface area contributed by atoms with E-state index in [0.29, 0.717) is 0 Å². The van der Waals surface area contributed by atoms with E-state index in [1.165, 1.54) is 28.2 Å². The zero-order chi connectivity index (χ0) is 15.5. The molecule has 3 rings (SSSR count). The molecule has 0 aliphatic carbocycles. The van der Waals surface area contributed by atoms with E-state index in [2.05, 4.69) is 91.2 Å². The van der Waals surface area contributed by atoms with E-state index in [9.17, 15) is 0 Å². The zero-order valence-corrected chi connectivity index (χ0v) is 13.6. The number of fused-ring (bicyclic) bond motifs is 1. The van der Waals surface area contributed by atoms with Crippen molar-refractivity contribution in [2.24, 2.45) is 0 Å². The van der Waals surface area contributed by atoms with Crippen molar-refractivity contribution in [1.82, 2.24) is 0 Å². The molecule has 1 aliphatic heterocycles. The highest BCUT2D eigenvalue weighted by Crippen LogP contribution is 2.26. The molecule has 2 aromatic carbocycles. The van der Waals surface area contributed by atoms with Gasteiger partial charge in [-0.25, -0.2) is 0 Å². The predicted molar refractivity (Wildman–Crippen MR) is 95.4 cm³/mol. The van der Waals surface area contributed by atoms with Crippen molar-refractivity contribution in [1.29, 1.82) is 0 Å². The second-order valence-electron chi connectivity index (χ2n) is 5.86. The Hall–Kier alpha value is -2.35. The van der Waals surface area contributed by atoms with E-state index in [1.54, 1.807) is 0 Å². The zero-order valence-electron chi connectivity index (χ0n) is 13.6. The second kappa shape index (κ2) is 6.18. The lowest BCUT2D eigenvalue weighted by atomic mass is 10.1. The van der Waals surface area contributed by atoms with Crippen LogP contribution in [0.5, 0.6) is 0 Å². The van der Waals surface area contributed by atoms with Gasteiger partial charge in [0.1, 0.15) is 6.54 Å². The van der Waals surface area contributed by atoms with Gasteiger partial charge in [-0.1, -0.05) is 30.3 Å². The van der Waals surface area contributed by atoms with Crippen LogP contribution in [0.15, 0.2) is 54.6 Å². The average Bonchev–Trinajstić information content (AvgIpc) is 2.90. The lowest BCUT2D eigenvalue weighted by Crippen LogP contribution is -2.10. The molecule has 0 saturated carbocycles. The third-order valence-corrected chi connectivity index (χ3v) is 4.19. The molecule has 0 amide bonds. The quantitative estimate of drug-likeness (QED) is 0.768. The molecule has 2 aromatic rings. The summed E-state index contributed by atoms with van der Waals surface area (Å²) in [5.74, 6) is 0. The van der Waals surface area contributed by atoms with Crippen LogP contribution in [-0.2, 0) is 6.42 Å². The molecule has 22 heavy (non-hydrogen) atoms. The first-order valence-electron chi connectivity index (χ1n) is 7.86. The Kier molecular flexibility index (Phi) is 4.10. The van der Waals surface area contributed by atoms with Gasteiger partial charge >= 0.3 is 0 Å². The van der Waals surface area contributed by atoms with Gasteiger partial charge in [0.2, 0.25) is 5.69 Å². The van der Waals surface area contributed by atoms with E-state index in [-0.39, 0.29) is 0 Å². The minimum Gasteiger partial charge on any atom is -0.378 e. The molecular weight excluding hydrogens is 268 g/mol. The minimum atomic E-state index is 1.01. The Balaban J connectivity index is 1.83. The first-order chi connectivity index (χ1) is 10.7. The van der Waals surface area contributed by atoms with E-state index < -0.39 is 0 Å². The van der Waals surface area contributed by atoms with Gasteiger partial charge in [0.05, 0.1) is 6.42 Å². The summed E-state index contributed by atoms with van der Waals surface area (Å²) in [4.78, 5) is 2.12. The summed E-state index contributed by atoms with van der Waals surface area (Å²) >= 11 is 0. The van der Waals surface area contributed by atoms with E-state index >= 15 is 0 Å². The predicted octanol–water partition coefficient (Wildman–Crippen LogP) is 4.13. The highest BCUT2D eigenvalue weighted by molar-refractivity contribution is 5.99. The standard InChI is InChI=1S/C20H23N2/c1-4-22-19(15-17-7-5-6-8-20(17)22)14-11-16-9-12-18(13-10-16)21(2)3/h5-14H,4,15H2,1-3H3/q+1. The van der Waals surface area contributed by atoms with Gasteiger partial charge in [-0.15, -0.1) is 0 Å². The third-order valence-electron chi connectivity index (χ3n) is 4.19. The summed E-state index contributed by atoms with van der Waals surface area (Å²) in [6.45, 7) is 3.22. The molecule has 0 atom stereocenters. The maximum atomic E-state index is 2.40. The molecule has 0 bridgehead atoms. The highest BCUT2D eigenvalue weighted by atomic mass is 15.1. The van der Waals surface area contributed by atoms with E-state index in [1.807, 2.05) is 0 Å². The van der Waals surface area contributed by atoms with Crippen LogP contribution in [0.4, 0.5) is 11.4 Å². The fourth-order valence-electron chi connectivity index (χ4n) is 2.97. The van der Waals surface area contributed by atoms with Gasteiger partial charge in [-0.3, -0.25) is 0 Å². The Bertz CT molecular complexity index is 722. The fourth-order valence-corrected chi connectivity index (χ4v) is 2.97. The van der Waals surface area contributed by atoms with Crippen LogP contribution in [0.3, 0.4) is 0 Å². The van der Waals surface area contributed by atoms with Gasteiger partial charge < -0.3 is 4.90 Å². The largest absolute Gasteiger partial charge is 0.378 e. The van der Waals surface area contributed by atoms with Gasteiger partial charge in [0.25, 0.3) is 0 Å². The van der Waals surface area contributed by atoms with Crippen molar-refractivity contribution >= 4 is 23.2 Å². The molecule has 0 spiro atoms. The molecule has 0 fully saturated rings. The van der Waals surface area contributed by atoms with E-state index in [0.717, 1.165) is 13.0 Å². The molecule has 1 heterocycles. The molecule has 0 radical (unpaired) electrons. The van der Waals surface area contributed by atoms with Crippen molar-refractivity contribution in [2.75, 3.05) is 25.5 Å². The number of hydrogen-bond donors (Lipinski definition) is 0. The molecule has 0 aromatic heterocycles. The van der Waals surface area contributed by atoms with E-state index in [4.69, 9.17) is 0 Å². The van der Waals surface area contributed by atoms with Crippen molar-refractivity contribution < 1.29 is 4.58 Å². The number of benzene rings is 2. The smallest absolute Gasteiger partial charge is 0.209 e. The number of allylic oxidation sites excluding steroid dienone is 1. The number of anilines is 1. The second-order valence-corrected chi connectivity index (χ2v) is 5.86. The molecule has 2 heteroatoms. The topological polar surface area (TPSA) is 6.25 Å². The van der Waals surface area contributed by atoms with Crippen molar-refractivity contribution in [2.45, 2.75) is 13.3 Å². The minimum absolute atomic E-state index is 1.01. The van der Waals surface area contributed by atoms with Crippen LogP contribution < -0.4 is 4.90 Å². The van der Waals surface area contributed by atoms with Gasteiger partial charge in [0, 0.05) is 37.5 Å². The SMILES string of the molecule is CC[N+]1=C(C=Cc2ccc(N(C)C)cc2)Cc2ccccc21. The monoisotopic (exact) mass is 291 g/mol. The number of hydrogen-bond acceptors (Lipinski definition) is 1. The van der Waals surface area contributed by atoms with Crippen LogP contribution in [0.2, 0.25) is 0 Å². The maximum Gasteiger partial charge on any atom is 0.209 e. The molecule has 0 saturated heterocycles. The summed E-state index contributed by atoms with van der Waals surface area (Å²) < 4.78 is 2.40. The fraction of sp³-hybridized carbons (Fsp3) is 0.250. The lowest BCUT2D eigenvalue weighted by molar-refractivity contribution is -0.432. The van der Waals surface area contributed by atoms with Crippen LogP contribution in [0.1, 0.15) is 18.1 Å². The Morgan fingerprint density at radius 2 is 1.73 bits per heavy atom. The average molecular weight is 291 g/mol. The first-order valence-corrected chi connectivity index (χ1v) is 7.86. The Morgan fingerprint density at radius 1 is 1.00 bits per heavy atom. The van der Waals surface area contributed by atoms with Crippen molar-refractivity contribution in [3.63, 3.8) is 0 Å². The molecule has 0 N–H and O–H groups in total. The third kappa shape index (κ3) is 2.82. The molecule has 0 unspecified atom stereocenters. The Morgan fingerprint density at radius 3 is 2.41 bits per heavy atom. The van der Waals surface area contributed by atoms with Crippen molar-refractivity contribution in [3.05, 3.63) is 65.7 Å². The normalized spacial score (nSPS) is 13.8. The van der Waals surface area contributed by atoms with Crippen LogP contribution in [-0.4, -0.2) is 30.9 Å². The summed E-state index contributed by atoms with van der Waals surface area (Å²) in [6, 6.07) is 17.3. The molecular formula is C20H23N2+. The van der Waals surface area contributed by atoms with Gasteiger partial charge in [-0.2, -0.15) is 4.58 Å².